The van der Waals surface area contributed by atoms with Gasteiger partial charge in [-0.25, -0.2) is 18.2 Å². The number of rotatable bonds is 18. The molecule has 0 spiro atoms. The van der Waals surface area contributed by atoms with Crippen molar-refractivity contribution < 1.29 is 51.0 Å². The van der Waals surface area contributed by atoms with Crippen molar-refractivity contribution in [3.63, 3.8) is 0 Å². The largest absolute Gasteiger partial charge is 0.497 e. The first kappa shape index (κ1) is 41.9. The molecule has 4 heterocycles. The van der Waals surface area contributed by atoms with Gasteiger partial charge in [0.05, 0.1) is 67.8 Å². The number of methoxy groups -OCH3 is 1. The predicted octanol–water partition coefficient (Wildman–Crippen LogP) is 3.07. The molecule has 3 atom stereocenters. The average molecular weight is 839 g/mol. The molecule has 1 aliphatic heterocycles. The molecule has 20 nitrogen and oxygen atoms in total. The van der Waals surface area contributed by atoms with Crippen LogP contribution in [0.2, 0.25) is 0 Å². The molecule has 58 heavy (non-hydrogen) atoms. The van der Waals surface area contributed by atoms with Crippen molar-refractivity contribution in [2.75, 3.05) is 44.5 Å². The average Bonchev–Trinajstić information content (AvgIpc) is 3.95. The van der Waals surface area contributed by atoms with Crippen molar-refractivity contribution in [2.24, 2.45) is 0 Å². The summed E-state index contributed by atoms with van der Waals surface area (Å²) < 4.78 is 55.0. The molecule has 1 aliphatic rings. The van der Waals surface area contributed by atoms with Crippen molar-refractivity contribution in [1.82, 2.24) is 29.4 Å². The summed E-state index contributed by atoms with van der Waals surface area (Å²) in [5.74, 6) is -1.06. The van der Waals surface area contributed by atoms with E-state index in [2.05, 4.69) is 25.6 Å². The Morgan fingerprint density at radius 3 is 2.67 bits per heavy atom. The summed E-state index contributed by atoms with van der Waals surface area (Å²) in [7, 11) is -4.43. The Morgan fingerprint density at radius 2 is 1.90 bits per heavy atom. The van der Waals surface area contributed by atoms with Crippen molar-refractivity contribution >= 4 is 64.4 Å². The molecule has 2 unspecified atom stereocenters. The minimum absolute atomic E-state index is 0.0330. The monoisotopic (exact) mass is 838 g/mol. The number of anilines is 1. The molecule has 0 aliphatic carbocycles. The maximum Gasteiger partial charge on any atom is 0.418 e. The molecule has 0 saturated carbocycles. The van der Waals surface area contributed by atoms with Crippen molar-refractivity contribution in [3.05, 3.63) is 77.0 Å². The Labute approximate surface area is 331 Å². The van der Waals surface area contributed by atoms with E-state index in [4.69, 9.17) is 28.5 Å². The van der Waals surface area contributed by atoms with Crippen LogP contribution in [0.15, 0.2) is 70.7 Å². The van der Waals surface area contributed by atoms with E-state index in [9.17, 15) is 32.5 Å². The van der Waals surface area contributed by atoms with Crippen LogP contribution in [0.3, 0.4) is 0 Å². The van der Waals surface area contributed by atoms with Crippen LogP contribution in [-0.4, -0.2) is 101 Å². The van der Waals surface area contributed by atoms with Gasteiger partial charge in [-0.05, 0) is 48.7 Å². The smallest absolute Gasteiger partial charge is 0.418 e. The number of H-pyrrole nitrogens is 1. The van der Waals surface area contributed by atoms with Crippen LogP contribution < -0.4 is 20.9 Å². The number of hydrogen-bond donors (Lipinski definition) is 4. The molecule has 306 valence electrons. The lowest BCUT2D eigenvalue weighted by atomic mass is 10.1. The Morgan fingerprint density at radius 1 is 1.10 bits per heavy atom. The Hall–Kier alpha value is -5.75. The zero-order chi connectivity index (χ0) is 41.2. The number of sulfone groups is 1. The van der Waals surface area contributed by atoms with Crippen LogP contribution in [0.1, 0.15) is 37.5 Å². The first-order valence-electron chi connectivity index (χ1n) is 17.9. The van der Waals surface area contributed by atoms with Gasteiger partial charge in [-0.2, -0.15) is 10.2 Å². The molecule has 3 aromatic heterocycles. The van der Waals surface area contributed by atoms with Crippen LogP contribution in [0.5, 0.6) is 5.75 Å². The number of imidazole rings is 1. The highest BCUT2D eigenvalue weighted by atomic mass is 32.2. The number of carbonyl (C=O) groups is 3. The van der Waals surface area contributed by atoms with Gasteiger partial charge in [-0.15, -0.1) is 0 Å². The number of ether oxygens (including phenoxy) is 3. The lowest BCUT2D eigenvalue weighted by molar-refractivity contribution is -0.120. The second-order valence-electron chi connectivity index (χ2n) is 12.8. The molecule has 22 heteroatoms. The fourth-order valence-electron chi connectivity index (χ4n) is 6.06. The van der Waals surface area contributed by atoms with Gasteiger partial charge in [-0.3, -0.25) is 33.8 Å². The summed E-state index contributed by atoms with van der Waals surface area (Å²) in [4.78, 5) is 72.5. The number of aromatic amines is 1. The van der Waals surface area contributed by atoms with Gasteiger partial charge in [-0.1, -0.05) is 18.2 Å². The third kappa shape index (κ3) is 10.4. The Balaban J connectivity index is 0.988. The summed E-state index contributed by atoms with van der Waals surface area (Å²) in [6, 6.07) is 14.6. The second kappa shape index (κ2) is 19.1. The Bertz CT molecular complexity index is 2480. The highest BCUT2D eigenvalue weighted by Crippen LogP contribution is 2.36. The minimum atomic E-state index is -3.74. The van der Waals surface area contributed by atoms with Crippen molar-refractivity contribution in [2.45, 2.75) is 49.3 Å². The van der Waals surface area contributed by atoms with Gasteiger partial charge in [0, 0.05) is 24.5 Å². The molecular weight excluding hydrogens is 799 g/mol. The quantitative estimate of drug-likeness (QED) is 0.0730. The highest BCUT2D eigenvalue weighted by Gasteiger charge is 2.30. The highest BCUT2D eigenvalue weighted by molar-refractivity contribution is 7.91. The summed E-state index contributed by atoms with van der Waals surface area (Å²) >= 11 is 0. The number of carbonyl (C=O) groups excluding carboxylic acids is 3. The van der Waals surface area contributed by atoms with E-state index in [1.165, 1.54) is 48.5 Å². The number of benzene rings is 2. The van der Waals surface area contributed by atoms with E-state index in [-0.39, 0.29) is 67.1 Å². The summed E-state index contributed by atoms with van der Waals surface area (Å²) in [6.45, 7) is -0.369. The van der Waals surface area contributed by atoms with Gasteiger partial charge >= 0.3 is 14.7 Å². The zero-order valence-corrected chi connectivity index (χ0v) is 32.7. The number of nitrogens with one attached hydrogen (secondary N) is 3. The molecule has 5 aromatic rings. The molecule has 2 aromatic carbocycles. The molecular formula is C36H39N8O12PS. The maximum absolute atomic E-state index is 13.0. The van der Waals surface area contributed by atoms with E-state index in [1.54, 1.807) is 28.8 Å². The molecule has 0 radical (unpaired) electrons. The van der Waals surface area contributed by atoms with Gasteiger partial charge < -0.3 is 33.5 Å². The lowest BCUT2D eigenvalue weighted by Crippen LogP contribution is -2.29. The van der Waals surface area contributed by atoms with E-state index < -0.39 is 60.5 Å². The van der Waals surface area contributed by atoms with Crippen LogP contribution in [0.4, 0.5) is 10.7 Å². The maximum atomic E-state index is 13.0. The van der Waals surface area contributed by atoms with E-state index >= 15 is 0 Å². The van der Waals surface area contributed by atoms with Gasteiger partial charge in [0.2, 0.25) is 17.8 Å². The van der Waals surface area contributed by atoms with Gasteiger partial charge in [0.1, 0.15) is 18.6 Å². The Kier molecular flexibility index (Phi) is 13.8. The van der Waals surface area contributed by atoms with Crippen LogP contribution in [0.25, 0.3) is 22.1 Å². The zero-order valence-electron chi connectivity index (χ0n) is 31.0. The first-order chi connectivity index (χ1) is 27.9. The fraction of sp³-hybridized carbons (Fsp3) is 0.361. The van der Waals surface area contributed by atoms with Crippen molar-refractivity contribution in [3.8, 4) is 11.8 Å². The number of aromatic nitrogens is 5. The van der Waals surface area contributed by atoms with E-state index in [0.29, 0.717) is 35.1 Å². The predicted molar refractivity (Wildman–Crippen MR) is 206 cm³/mol. The number of para-hydroxylation sites is 1. The molecule has 0 bridgehead atoms. The topological polar surface area (TPSA) is 268 Å². The fourth-order valence-corrected chi connectivity index (χ4v) is 7.77. The first-order valence-corrected chi connectivity index (χ1v) is 20.7. The van der Waals surface area contributed by atoms with Crippen LogP contribution >= 0.6 is 8.60 Å². The summed E-state index contributed by atoms with van der Waals surface area (Å²) in [5, 5.41) is 14.4. The number of hydrogen-bond acceptors (Lipinski definition) is 15. The number of fused-ring (bicyclic) bond motifs is 2. The standard InChI is InChI=1S/C36H39N8O12PS/c1-52-24-7-10-26(11-8-24)58(50,51)18-17-53-36(48)43-20-23(27-5-2-3-6-28(27)43)19-30(46)38-15-13-29(45)40-35-41-33-32(34(47)42-35)39-22-44(33)31-12-9-25(56-31)21-55-57(49)54-16-4-14-37/h2-3,5-8,10-11,20,22,25,31,49H,4,9,12-13,15-19,21H2,1H3,(H,38,46)(H2,40,41,42,45,47)/t25-,31?,57?/m0/s1. The second-order valence-corrected chi connectivity index (χ2v) is 15.9. The minimum Gasteiger partial charge on any atom is -0.497 e. The third-order valence-electron chi connectivity index (χ3n) is 8.88. The van der Waals surface area contributed by atoms with Gasteiger partial charge in [0.25, 0.3) is 5.56 Å². The summed E-state index contributed by atoms with van der Waals surface area (Å²) in [6.07, 6.45) is 2.01. The van der Waals surface area contributed by atoms with Crippen LogP contribution in [0, 0.1) is 11.3 Å². The van der Waals surface area contributed by atoms with Crippen molar-refractivity contribution in [1.29, 1.82) is 5.26 Å². The molecule has 4 N–H and O–H groups in total. The molecule has 1 saturated heterocycles. The lowest BCUT2D eigenvalue weighted by Gasteiger charge is -2.16. The normalized spacial score (nSPS) is 15.9. The summed E-state index contributed by atoms with van der Waals surface area (Å²) in [5.41, 5.74) is 0.565. The van der Waals surface area contributed by atoms with E-state index in [1.807, 2.05) is 6.07 Å². The third-order valence-corrected chi connectivity index (χ3v) is 11.4. The molecule has 2 amide bonds. The number of nitriles is 1. The SMILES string of the molecule is COc1ccc(S(=O)(=O)CCOC(=O)n2cc(CC(=O)NCCC(=O)Nc3nc4c(ncn4C4CC[C@@H](COP(O)OCCC#N)O4)c(=O)[nH]3)c3ccccc32)cc1. The molecule has 1 fully saturated rings. The number of amides is 2. The number of nitrogens with zero attached hydrogens (tertiary/aromatic N) is 5. The van der Waals surface area contributed by atoms with Crippen LogP contribution in [-0.2, 0) is 44.4 Å². The van der Waals surface area contributed by atoms with Gasteiger partial charge in [0.15, 0.2) is 21.0 Å². The van der Waals surface area contributed by atoms with E-state index in [0.717, 1.165) is 0 Å². The molecule has 6 rings (SSSR count).